The van der Waals surface area contributed by atoms with E-state index >= 15 is 0 Å². The third kappa shape index (κ3) is 3.22. The van der Waals surface area contributed by atoms with Crippen LogP contribution in [0.1, 0.15) is 31.2 Å². The Morgan fingerprint density at radius 1 is 1.72 bits per heavy atom. The number of carbonyl (C=O) groups excluding carboxylic acids is 1. The molecule has 2 heterocycles. The molecule has 0 aliphatic carbocycles. The van der Waals surface area contributed by atoms with Gasteiger partial charge in [-0.25, -0.2) is 0 Å². The topological polar surface area (TPSA) is 82.2 Å². The number of nitrogens with two attached hydrogens (primary N) is 1. The van der Waals surface area contributed by atoms with Crippen LogP contribution in [0.5, 0.6) is 0 Å². The molecule has 3 N–H and O–H groups in total. The normalized spacial score (nSPS) is 19.1. The van der Waals surface area contributed by atoms with E-state index in [2.05, 4.69) is 10.4 Å². The number of nitrogen functional groups attached to an aromatic ring is 1. The Balaban J connectivity index is 1.69. The molecule has 1 aromatic heterocycles. The van der Waals surface area contributed by atoms with Crippen molar-refractivity contribution in [1.82, 2.24) is 15.1 Å². The van der Waals surface area contributed by atoms with Gasteiger partial charge in [0.15, 0.2) is 0 Å². The van der Waals surface area contributed by atoms with E-state index in [0.29, 0.717) is 18.8 Å². The van der Waals surface area contributed by atoms with Gasteiger partial charge in [-0.2, -0.15) is 5.10 Å². The fraction of sp³-hybridized carbons (Fsp3) is 0.667. The summed E-state index contributed by atoms with van der Waals surface area (Å²) in [5, 5.41) is 6.87. The van der Waals surface area contributed by atoms with Gasteiger partial charge in [0, 0.05) is 32.2 Å². The number of aryl methyl sites for hydroxylation is 1. The molecule has 1 unspecified atom stereocenters. The first kappa shape index (κ1) is 12.9. The van der Waals surface area contributed by atoms with Crippen molar-refractivity contribution < 1.29 is 9.53 Å². The predicted molar refractivity (Wildman–Crippen MR) is 67.7 cm³/mol. The molecule has 0 spiro atoms. The number of carbonyl (C=O) groups is 1. The van der Waals surface area contributed by atoms with E-state index in [4.69, 9.17) is 10.5 Å². The number of amides is 1. The van der Waals surface area contributed by atoms with Crippen LogP contribution in [0.3, 0.4) is 0 Å². The van der Waals surface area contributed by atoms with Gasteiger partial charge < -0.3 is 15.8 Å². The number of anilines is 1. The molecule has 2 rings (SSSR count). The van der Waals surface area contributed by atoms with Crippen LogP contribution in [0.15, 0.2) is 6.20 Å². The van der Waals surface area contributed by atoms with Crippen LogP contribution in [0.4, 0.5) is 5.82 Å². The van der Waals surface area contributed by atoms with Gasteiger partial charge in [-0.05, 0) is 19.3 Å². The number of hydrogen-bond acceptors (Lipinski definition) is 4. The molecule has 1 amide bonds. The molecule has 0 bridgehead atoms. The molecule has 6 nitrogen and oxygen atoms in total. The summed E-state index contributed by atoms with van der Waals surface area (Å²) in [7, 11) is 1.78. The van der Waals surface area contributed by atoms with Crippen LogP contribution in [-0.4, -0.2) is 28.4 Å². The zero-order chi connectivity index (χ0) is 13.0. The summed E-state index contributed by atoms with van der Waals surface area (Å²) in [5.74, 6) is 0.628. The number of nitrogens with zero attached hydrogens (tertiary/aromatic N) is 2. The highest BCUT2D eigenvalue weighted by Gasteiger charge is 2.16. The Kier molecular flexibility index (Phi) is 4.19. The quantitative estimate of drug-likeness (QED) is 0.803. The number of nitrogens with one attached hydrogen (secondary N) is 1. The molecule has 100 valence electrons. The number of rotatable bonds is 5. The van der Waals surface area contributed by atoms with E-state index in [1.54, 1.807) is 17.9 Å². The summed E-state index contributed by atoms with van der Waals surface area (Å²) in [6.45, 7) is 1.27. The Bertz CT molecular complexity index is 410. The highest BCUT2D eigenvalue weighted by molar-refractivity contribution is 5.76. The van der Waals surface area contributed by atoms with Crippen molar-refractivity contribution in [2.45, 2.75) is 38.3 Å². The zero-order valence-electron chi connectivity index (χ0n) is 10.7. The first-order valence-corrected chi connectivity index (χ1v) is 6.31. The monoisotopic (exact) mass is 252 g/mol. The molecule has 1 aliphatic heterocycles. The van der Waals surface area contributed by atoms with Gasteiger partial charge in [0.05, 0.1) is 12.3 Å². The second-order valence-electron chi connectivity index (χ2n) is 4.63. The summed E-state index contributed by atoms with van der Waals surface area (Å²) >= 11 is 0. The van der Waals surface area contributed by atoms with Crippen molar-refractivity contribution >= 4 is 11.7 Å². The van der Waals surface area contributed by atoms with E-state index in [1.165, 1.54) is 0 Å². The Morgan fingerprint density at radius 2 is 2.56 bits per heavy atom. The van der Waals surface area contributed by atoms with Gasteiger partial charge in [0.1, 0.15) is 5.82 Å². The van der Waals surface area contributed by atoms with E-state index in [0.717, 1.165) is 31.4 Å². The van der Waals surface area contributed by atoms with Crippen molar-refractivity contribution in [1.29, 1.82) is 0 Å². The van der Waals surface area contributed by atoms with E-state index in [9.17, 15) is 4.79 Å². The fourth-order valence-corrected chi connectivity index (χ4v) is 2.07. The molecule has 0 aromatic carbocycles. The molecule has 1 saturated heterocycles. The van der Waals surface area contributed by atoms with Gasteiger partial charge in [0.25, 0.3) is 0 Å². The first-order chi connectivity index (χ1) is 8.66. The van der Waals surface area contributed by atoms with E-state index in [1.807, 2.05) is 0 Å². The molecule has 1 fully saturated rings. The molecular formula is C12H20N4O2. The van der Waals surface area contributed by atoms with Gasteiger partial charge in [-0.15, -0.1) is 0 Å². The fourth-order valence-electron chi connectivity index (χ4n) is 2.07. The summed E-state index contributed by atoms with van der Waals surface area (Å²) in [5.41, 5.74) is 6.64. The van der Waals surface area contributed by atoms with Gasteiger partial charge in [-0.1, -0.05) is 0 Å². The molecule has 0 saturated carbocycles. The maximum Gasteiger partial charge on any atom is 0.220 e. The number of hydrogen-bond donors (Lipinski definition) is 2. The second-order valence-corrected chi connectivity index (χ2v) is 4.63. The molecule has 6 heteroatoms. The maximum atomic E-state index is 11.7. The van der Waals surface area contributed by atoms with E-state index in [-0.39, 0.29) is 12.0 Å². The molecule has 1 aliphatic rings. The standard InChI is InChI=1S/C12H20N4O2/c1-16-12(13)9(8-15-16)7-14-11(17)5-4-10-3-2-6-18-10/h8,10H,2-7,13H2,1H3,(H,14,17). The molecular weight excluding hydrogens is 232 g/mol. The average molecular weight is 252 g/mol. The molecule has 18 heavy (non-hydrogen) atoms. The lowest BCUT2D eigenvalue weighted by Crippen LogP contribution is -2.24. The van der Waals surface area contributed by atoms with Crippen molar-refractivity contribution in [3.05, 3.63) is 11.8 Å². The lowest BCUT2D eigenvalue weighted by molar-refractivity contribution is -0.121. The Morgan fingerprint density at radius 3 is 3.17 bits per heavy atom. The molecule has 1 atom stereocenters. The summed E-state index contributed by atoms with van der Waals surface area (Å²) in [4.78, 5) is 11.7. The van der Waals surface area contributed by atoms with Crippen LogP contribution in [0.25, 0.3) is 0 Å². The van der Waals surface area contributed by atoms with Crippen LogP contribution in [0, 0.1) is 0 Å². The first-order valence-electron chi connectivity index (χ1n) is 6.31. The maximum absolute atomic E-state index is 11.7. The third-order valence-corrected chi connectivity index (χ3v) is 3.26. The minimum Gasteiger partial charge on any atom is -0.384 e. The lowest BCUT2D eigenvalue weighted by atomic mass is 10.1. The molecule has 0 radical (unpaired) electrons. The Labute approximate surface area is 106 Å². The predicted octanol–water partition coefficient (Wildman–Crippen LogP) is 0.578. The van der Waals surface area contributed by atoms with Crippen LogP contribution < -0.4 is 11.1 Å². The summed E-state index contributed by atoms with van der Waals surface area (Å²) in [6.07, 6.45) is 5.43. The smallest absolute Gasteiger partial charge is 0.220 e. The minimum atomic E-state index is 0.0359. The van der Waals surface area contributed by atoms with E-state index < -0.39 is 0 Å². The largest absolute Gasteiger partial charge is 0.384 e. The summed E-state index contributed by atoms with van der Waals surface area (Å²) in [6, 6.07) is 0. The SMILES string of the molecule is Cn1ncc(CNC(=O)CCC2CCCO2)c1N. The third-order valence-electron chi connectivity index (χ3n) is 3.26. The van der Waals surface area contributed by atoms with Crippen LogP contribution in [0.2, 0.25) is 0 Å². The van der Waals surface area contributed by atoms with Gasteiger partial charge >= 0.3 is 0 Å². The average Bonchev–Trinajstić information content (AvgIpc) is 2.97. The molecule has 1 aromatic rings. The minimum absolute atomic E-state index is 0.0359. The highest BCUT2D eigenvalue weighted by atomic mass is 16.5. The number of aromatic nitrogens is 2. The zero-order valence-corrected chi connectivity index (χ0v) is 10.7. The highest BCUT2D eigenvalue weighted by Crippen LogP contribution is 2.16. The van der Waals surface area contributed by atoms with Gasteiger partial charge in [0.2, 0.25) is 5.91 Å². The second kappa shape index (κ2) is 5.86. The Hall–Kier alpha value is -1.56. The van der Waals surface area contributed by atoms with Crippen LogP contribution in [-0.2, 0) is 23.1 Å². The lowest BCUT2D eigenvalue weighted by Gasteiger charge is -2.09. The van der Waals surface area contributed by atoms with Crippen molar-refractivity contribution in [2.75, 3.05) is 12.3 Å². The summed E-state index contributed by atoms with van der Waals surface area (Å²) < 4.78 is 7.07. The van der Waals surface area contributed by atoms with Crippen molar-refractivity contribution in [2.24, 2.45) is 7.05 Å². The van der Waals surface area contributed by atoms with Crippen LogP contribution >= 0.6 is 0 Å². The number of ether oxygens (including phenoxy) is 1. The van der Waals surface area contributed by atoms with Crippen molar-refractivity contribution in [3.8, 4) is 0 Å². The van der Waals surface area contributed by atoms with Crippen molar-refractivity contribution in [3.63, 3.8) is 0 Å². The van der Waals surface area contributed by atoms with Gasteiger partial charge in [-0.3, -0.25) is 9.48 Å².